The van der Waals surface area contributed by atoms with Crippen molar-refractivity contribution in [1.82, 2.24) is 9.99 Å². The largest absolute Gasteiger partial charge is 0.465 e. The second kappa shape index (κ2) is 9.82. The van der Waals surface area contributed by atoms with E-state index < -0.39 is 6.03 Å². The van der Waals surface area contributed by atoms with E-state index in [1.807, 2.05) is 64.1 Å². The Kier molecular flexibility index (Phi) is 7.15. The van der Waals surface area contributed by atoms with Crippen LogP contribution in [0.4, 0.5) is 10.5 Å². The van der Waals surface area contributed by atoms with Crippen LogP contribution in [0.2, 0.25) is 0 Å². The molecule has 0 unspecified atom stereocenters. The molecule has 8 heteroatoms. The van der Waals surface area contributed by atoms with Crippen molar-refractivity contribution in [2.75, 3.05) is 12.4 Å². The highest BCUT2D eigenvalue weighted by molar-refractivity contribution is 9.10. The van der Waals surface area contributed by atoms with Crippen LogP contribution in [0.25, 0.3) is 5.69 Å². The highest BCUT2D eigenvalue weighted by Crippen LogP contribution is 2.24. The number of benzene rings is 2. The number of nitrogens with zero attached hydrogens (tertiary/aromatic N) is 2. The van der Waals surface area contributed by atoms with Crippen LogP contribution < -0.4 is 10.7 Å². The number of amides is 2. The summed E-state index contributed by atoms with van der Waals surface area (Å²) < 4.78 is 7.86. The molecule has 0 saturated heterocycles. The third kappa shape index (κ3) is 5.08. The zero-order chi connectivity index (χ0) is 23.4. The van der Waals surface area contributed by atoms with Gasteiger partial charge < -0.3 is 14.6 Å². The molecular weight excluding hydrogens is 472 g/mol. The number of ether oxygens (including phenoxy) is 1. The SMILES string of the molecule is COC(=O)c1ccc(-n2c(C)cc(/C=N/NC(=O)Nc3ccc(Br)c(C)c3)c2C)c(C)c1. The fourth-order valence-corrected chi connectivity index (χ4v) is 3.73. The Morgan fingerprint density at radius 1 is 1.03 bits per heavy atom. The van der Waals surface area contributed by atoms with Gasteiger partial charge >= 0.3 is 12.0 Å². The summed E-state index contributed by atoms with van der Waals surface area (Å²) in [5, 5.41) is 6.84. The van der Waals surface area contributed by atoms with Gasteiger partial charge in [-0.05, 0) is 81.3 Å². The summed E-state index contributed by atoms with van der Waals surface area (Å²) in [4.78, 5) is 23.9. The van der Waals surface area contributed by atoms with Crippen LogP contribution in [0.3, 0.4) is 0 Å². The van der Waals surface area contributed by atoms with Gasteiger partial charge in [0.1, 0.15) is 0 Å². The first-order valence-corrected chi connectivity index (χ1v) is 10.7. The molecule has 1 aromatic heterocycles. The molecular formula is C24H25BrN4O3. The molecule has 2 amide bonds. The van der Waals surface area contributed by atoms with E-state index in [9.17, 15) is 9.59 Å². The van der Waals surface area contributed by atoms with Crippen LogP contribution in [-0.4, -0.2) is 29.9 Å². The van der Waals surface area contributed by atoms with Crippen molar-refractivity contribution in [1.29, 1.82) is 0 Å². The zero-order valence-electron chi connectivity index (χ0n) is 18.6. The molecule has 2 aromatic carbocycles. The lowest BCUT2D eigenvalue weighted by Gasteiger charge is -2.13. The van der Waals surface area contributed by atoms with Crippen molar-refractivity contribution in [2.24, 2.45) is 5.10 Å². The smallest absolute Gasteiger partial charge is 0.339 e. The van der Waals surface area contributed by atoms with Gasteiger partial charge in [0.15, 0.2) is 0 Å². The minimum absolute atomic E-state index is 0.365. The van der Waals surface area contributed by atoms with Crippen LogP contribution in [0.5, 0.6) is 0 Å². The standard InChI is InChI=1S/C24H25BrN4O3/c1-14-11-20(7-8-21(14)25)27-24(31)28-26-13-19-12-16(3)29(17(19)4)22-9-6-18(10-15(22)2)23(30)32-5/h6-13H,1-5H3,(H2,27,28,31)/b26-13+. The second-order valence-electron chi connectivity index (χ2n) is 7.44. The number of aryl methyl sites for hydroxylation is 3. The molecule has 3 aromatic rings. The summed E-state index contributed by atoms with van der Waals surface area (Å²) in [6.07, 6.45) is 1.61. The summed E-state index contributed by atoms with van der Waals surface area (Å²) in [7, 11) is 1.37. The van der Waals surface area contributed by atoms with E-state index in [1.165, 1.54) is 7.11 Å². The molecule has 1 heterocycles. The number of halogens is 1. The fourth-order valence-electron chi connectivity index (χ4n) is 3.48. The van der Waals surface area contributed by atoms with E-state index in [-0.39, 0.29) is 5.97 Å². The third-order valence-corrected chi connectivity index (χ3v) is 6.00. The first-order chi connectivity index (χ1) is 15.2. The molecule has 0 radical (unpaired) electrons. The maximum Gasteiger partial charge on any atom is 0.339 e. The van der Waals surface area contributed by atoms with Gasteiger partial charge in [-0.1, -0.05) is 15.9 Å². The number of anilines is 1. The molecule has 0 bridgehead atoms. The molecule has 0 aliphatic rings. The number of carbonyl (C=O) groups is 2. The van der Waals surface area contributed by atoms with Crippen molar-refractivity contribution in [3.63, 3.8) is 0 Å². The first kappa shape index (κ1) is 23.3. The normalized spacial score (nSPS) is 10.9. The van der Waals surface area contributed by atoms with Crippen molar-refractivity contribution in [2.45, 2.75) is 27.7 Å². The first-order valence-electron chi connectivity index (χ1n) is 9.95. The maximum atomic E-state index is 12.1. The van der Waals surface area contributed by atoms with E-state index in [4.69, 9.17) is 4.74 Å². The lowest BCUT2D eigenvalue weighted by atomic mass is 10.1. The van der Waals surface area contributed by atoms with Gasteiger partial charge in [0, 0.05) is 32.8 Å². The van der Waals surface area contributed by atoms with Crippen LogP contribution in [0, 0.1) is 27.7 Å². The molecule has 2 N–H and O–H groups in total. The molecule has 0 spiro atoms. The Hall–Kier alpha value is -3.39. The van der Waals surface area contributed by atoms with E-state index in [0.29, 0.717) is 11.3 Å². The van der Waals surface area contributed by atoms with Crippen molar-refractivity contribution < 1.29 is 14.3 Å². The number of hydrazone groups is 1. The summed E-state index contributed by atoms with van der Waals surface area (Å²) in [6.45, 7) is 7.87. The molecule has 32 heavy (non-hydrogen) atoms. The van der Waals surface area contributed by atoms with Crippen LogP contribution in [0.1, 0.15) is 38.4 Å². The highest BCUT2D eigenvalue weighted by Gasteiger charge is 2.14. The number of carbonyl (C=O) groups excluding carboxylic acids is 2. The van der Waals surface area contributed by atoms with Gasteiger partial charge in [-0.25, -0.2) is 15.0 Å². The predicted molar refractivity (Wildman–Crippen MR) is 130 cm³/mol. The topological polar surface area (TPSA) is 84.7 Å². The Bertz CT molecular complexity index is 1210. The predicted octanol–water partition coefficient (Wildman–Crippen LogP) is 5.42. The van der Waals surface area contributed by atoms with E-state index >= 15 is 0 Å². The number of aromatic nitrogens is 1. The Balaban J connectivity index is 1.74. The number of esters is 1. The molecule has 7 nitrogen and oxygen atoms in total. The number of hydrogen-bond acceptors (Lipinski definition) is 4. The van der Waals surface area contributed by atoms with Gasteiger partial charge in [0.05, 0.1) is 18.9 Å². The van der Waals surface area contributed by atoms with Crippen molar-refractivity contribution >= 4 is 39.8 Å². The van der Waals surface area contributed by atoms with Gasteiger partial charge in [0.25, 0.3) is 0 Å². The van der Waals surface area contributed by atoms with Gasteiger partial charge in [-0.2, -0.15) is 5.10 Å². The zero-order valence-corrected chi connectivity index (χ0v) is 20.2. The van der Waals surface area contributed by atoms with Crippen LogP contribution in [-0.2, 0) is 4.74 Å². The number of methoxy groups -OCH3 is 1. The molecule has 0 saturated carbocycles. The number of hydrogen-bond donors (Lipinski definition) is 2. The number of rotatable bonds is 5. The minimum atomic E-state index is -0.425. The van der Waals surface area contributed by atoms with E-state index in [2.05, 4.69) is 36.3 Å². The lowest BCUT2D eigenvalue weighted by molar-refractivity contribution is 0.0600. The molecule has 0 aliphatic heterocycles. The molecule has 166 valence electrons. The van der Waals surface area contributed by atoms with Gasteiger partial charge in [-0.3, -0.25) is 0 Å². The average Bonchev–Trinajstić information content (AvgIpc) is 3.03. The summed E-state index contributed by atoms with van der Waals surface area (Å²) in [5.41, 5.74) is 9.46. The molecule has 3 rings (SSSR count). The molecule has 0 aliphatic carbocycles. The number of urea groups is 1. The van der Waals surface area contributed by atoms with Gasteiger partial charge in [-0.15, -0.1) is 0 Å². The fraction of sp³-hybridized carbons (Fsp3) is 0.208. The lowest BCUT2D eigenvalue weighted by Crippen LogP contribution is -2.24. The van der Waals surface area contributed by atoms with Gasteiger partial charge in [0.2, 0.25) is 0 Å². The van der Waals surface area contributed by atoms with Crippen LogP contribution >= 0.6 is 15.9 Å². The Morgan fingerprint density at radius 3 is 2.44 bits per heavy atom. The molecule has 0 atom stereocenters. The summed E-state index contributed by atoms with van der Waals surface area (Å²) >= 11 is 3.44. The van der Waals surface area contributed by atoms with Crippen molar-refractivity contribution in [3.8, 4) is 5.69 Å². The Labute approximate surface area is 195 Å². The summed E-state index contributed by atoms with van der Waals surface area (Å²) in [6, 6.07) is 12.6. The second-order valence-corrected chi connectivity index (χ2v) is 8.30. The quantitative estimate of drug-likeness (QED) is 0.281. The molecule has 0 fully saturated rings. The third-order valence-electron chi connectivity index (χ3n) is 5.11. The minimum Gasteiger partial charge on any atom is -0.465 e. The average molecular weight is 497 g/mol. The monoisotopic (exact) mass is 496 g/mol. The van der Waals surface area contributed by atoms with E-state index in [1.54, 1.807) is 12.3 Å². The van der Waals surface area contributed by atoms with Crippen LogP contribution in [0.15, 0.2) is 52.0 Å². The van der Waals surface area contributed by atoms with E-state index in [0.717, 1.165) is 38.2 Å². The maximum absolute atomic E-state index is 12.1. The summed E-state index contributed by atoms with van der Waals surface area (Å²) in [5.74, 6) is -0.365. The van der Waals surface area contributed by atoms with Crippen molar-refractivity contribution in [3.05, 3.63) is 80.6 Å². The Morgan fingerprint density at radius 2 is 1.78 bits per heavy atom. The number of nitrogens with one attached hydrogen (secondary N) is 2. The highest BCUT2D eigenvalue weighted by atomic mass is 79.9.